The van der Waals surface area contributed by atoms with Crippen LogP contribution in [-0.2, 0) is 6.54 Å². The van der Waals surface area contributed by atoms with Gasteiger partial charge in [0.2, 0.25) is 11.5 Å². The summed E-state index contributed by atoms with van der Waals surface area (Å²) in [7, 11) is 0. The Hall–Kier alpha value is -4.40. The van der Waals surface area contributed by atoms with Crippen LogP contribution in [0.3, 0.4) is 0 Å². The first-order valence-electron chi connectivity index (χ1n) is 11.4. The van der Waals surface area contributed by atoms with E-state index in [9.17, 15) is 4.79 Å². The van der Waals surface area contributed by atoms with Crippen molar-refractivity contribution in [3.05, 3.63) is 107 Å². The summed E-state index contributed by atoms with van der Waals surface area (Å²) >= 11 is 11.2. The van der Waals surface area contributed by atoms with Crippen molar-refractivity contribution in [2.75, 3.05) is 5.73 Å². The van der Waals surface area contributed by atoms with E-state index in [1.54, 1.807) is 12.1 Å². The molecule has 2 heterocycles. The largest absolute Gasteiger partial charge is 0.430 e. The number of carbonyl (C=O) groups excluding carboxylic acids is 1. The van der Waals surface area contributed by atoms with Crippen molar-refractivity contribution in [1.82, 2.24) is 15.4 Å². The Morgan fingerprint density at radius 1 is 0.973 bits per heavy atom. The van der Waals surface area contributed by atoms with E-state index in [4.69, 9.17) is 39.7 Å². The molecule has 3 aromatic carbocycles. The van der Waals surface area contributed by atoms with E-state index in [0.29, 0.717) is 16.1 Å². The second-order valence-electron chi connectivity index (χ2n) is 8.30. The van der Waals surface area contributed by atoms with Gasteiger partial charge in [0, 0.05) is 10.6 Å². The van der Waals surface area contributed by atoms with E-state index in [1.807, 2.05) is 78.9 Å². The highest BCUT2D eigenvalue weighted by Crippen LogP contribution is 2.38. The quantitative estimate of drug-likeness (QED) is 0.196. The lowest BCUT2D eigenvalue weighted by molar-refractivity contribution is 0.0840. The summed E-state index contributed by atoms with van der Waals surface area (Å²) in [6.07, 6.45) is 0. The molecule has 9 heteroatoms. The molecule has 2 aromatic heterocycles. The number of nitrogens with two attached hydrogens (primary N) is 2. The third-order valence-corrected chi connectivity index (χ3v) is 6.29. The number of hydrogen-bond donors (Lipinski definition) is 3. The van der Waals surface area contributed by atoms with Crippen molar-refractivity contribution < 1.29 is 9.21 Å². The van der Waals surface area contributed by atoms with Crippen LogP contribution in [0.4, 0.5) is 5.69 Å². The number of hydrogen-bond acceptors (Lipinski definition) is 5. The summed E-state index contributed by atoms with van der Waals surface area (Å²) in [5, 5.41) is 2.52. The molecule has 0 aliphatic rings. The van der Waals surface area contributed by atoms with Gasteiger partial charge in [-0.05, 0) is 47.1 Å². The fraction of sp³-hybridized carbons (Fsp3) is 0.0357. The van der Waals surface area contributed by atoms with Gasteiger partial charge in [0.25, 0.3) is 0 Å². The van der Waals surface area contributed by atoms with E-state index in [-0.39, 0.29) is 28.8 Å². The molecule has 0 atom stereocenters. The number of thiocarbonyl (C=S) groups is 1. The second kappa shape index (κ2) is 10.3. The predicted molar refractivity (Wildman–Crippen MR) is 151 cm³/mol. The molecule has 0 spiro atoms. The first-order chi connectivity index (χ1) is 17.9. The van der Waals surface area contributed by atoms with E-state index >= 15 is 0 Å². The van der Waals surface area contributed by atoms with E-state index in [2.05, 4.69) is 10.4 Å². The smallest absolute Gasteiger partial charge is 0.307 e. The number of nitrogen functional groups attached to an aromatic ring is 1. The van der Waals surface area contributed by atoms with Crippen molar-refractivity contribution in [3.8, 4) is 22.4 Å². The Kier molecular flexibility index (Phi) is 6.76. The molecule has 0 saturated carbocycles. The van der Waals surface area contributed by atoms with Gasteiger partial charge in [0.05, 0.1) is 23.3 Å². The van der Waals surface area contributed by atoms with Gasteiger partial charge in [0.1, 0.15) is 0 Å². The molecule has 7 nitrogen and oxygen atoms in total. The summed E-state index contributed by atoms with van der Waals surface area (Å²) in [5.41, 5.74) is 19.6. The van der Waals surface area contributed by atoms with Crippen molar-refractivity contribution in [1.29, 1.82) is 0 Å². The summed E-state index contributed by atoms with van der Waals surface area (Å²) in [6.45, 7) is 0.274. The van der Waals surface area contributed by atoms with Crippen LogP contribution < -0.4 is 16.9 Å². The van der Waals surface area contributed by atoms with Crippen LogP contribution in [0.25, 0.3) is 33.5 Å². The van der Waals surface area contributed by atoms with Crippen LogP contribution >= 0.6 is 23.8 Å². The number of fused-ring (bicyclic) bond motifs is 1. The van der Waals surface area contributed by atoms with Gasteiger partial charge in [0.15, 0.2) is 5.11 Å². The lowest BCUT2D eigenvalue weighted by Gasteiger charge is -2.23. The fourth-order valence-electron chi connectivity index (χ4n) is 4.02. The van der Waals surface area contributed by atoms with E-state index < -0.39 is 5.91 Å². The minimum absolute atomic E-state index is 0.00000910. The van der Waals surface area contributed by atoms with Crippen molar-refractivity contribution in [3.63, 3.8) is 0 Å². The van der Waals surface area contributed by atoms with Gasteiger partial charge in [-0.1, -0.05) is 84.4 Å². The van der Waals surface area contributed by atoms with Crippen LogP contribution in [0.15, 0.2) is 95.4 Å². The Labute approximate surface area is 223 Å². The Bertz CT molecular complexity index is 1590. The molecule has 0 radical (unpaired) electrons. The van der Waals surface area contributed by atoms with Crippen LogP contribution in [0, 0.1) is 0 Å². The lowest BCUT2D eigenvalue weighted by Crippen LogP contribution is -2.48. The maximum absolute atomic E-state index is 13.3. The molecule has 0 bridgehead atoms. The van der Waals surface area contributed by atoms with E-state index in [0.717, 1.165) is 22.3 Å². The molecule has 0 aliphatic heterocycles. The molecule has 0 saturated heterocycles. The lowest BCUT2D eigenvalue weighted by atomic mass is 9.99. The number of furan rings is 1. The number of anilines is 1. The second-order valence-corrected chi connectivity index (χ2v) is 9.16. The van der Waals surface area contributed by atoms with Crippen LogP contribution in [0.2, 0.25) is 5.02 Å². The van der Waals surface area contributed by atoms with Crippen molar-refractivity contribution >= 4 is 51.6 Å². The molecule has 5 N–H and O–H groups in total. The molecule has 37 heavy (non-hydrogen) atoms. The average molecular weight is 528 g/mol. The number of nitrogens with one attached hydrogen (secondary N) is 1. The van der Waals surface area contributed by atoms with Gasteiger partial charge >= 0.3 is 5.91 Å². The number of benzene rings is 3. The monoisotopic (exact) mass is 527 g/mol. The zero-order chi connectivity index (χ0) is 25.9. The highest BCUT2D eigenvalue weighted by Gasteiger charge is 2.25. The molecule has 0 unspecified atom stereocenters. The maximum atomic E-state index is 13.3. The van der Waals surface area contributed by atoms with Crippen LogP contribution in [-0.4, -0.2) is 21.0 Å². The molecule has 0 aliphatic carbocycles. The van der Waals surface area contributed by atoms with Gasteiger partial charge in [-0.15, -0.1) is 0 Å². The van der Waals surface area contributed by atoms with Crippen molar-refractivity contribution in [2.24, 2.45) is 5.73 Å². The Morgan fingerprint density at radius 2 is 1.62 bits per heavy atom. The Morgan fingerprint density at radius 3 is 2.27 bits per heavy atom. The van der Waals surface area contributed by atoms with Gasteiger partial charge in [-0.3, -0.25) is 15.2 Å². The number of rotatable bonds is 5. The first kappa shape index (κ1) is 24.3. The summed E-state index contributed by atoms with van der Waals surface area (Å²) in [5.74, 6) is -0.673. The first-order valence-corrected chi connectivity index (χ1v) is 12.2. The number of pyridine rings is 1. The number of amides is 1. The van der Waals surface area contributed by atoms with Crippen molar-refractivity contribution in [2.45, 2.75) is 6.54 Å². The standard InChI is InChI=1S/C28H22ClN5O2S/c29-20-13-11-19(12-14-20)22-15-21(18-9-5-2-6-10-18)23-24(30)25(36-27(23)32-22)26(35)33-34(28(31)37)16-17-7-3-1-4-8-17/h1-15H,16,30H2,(H2,31,37)(H,33,35). The third-order valence-electron chi connectivity index (χ3n) is 5.82. The molecular formula is C28H22ClN5O2S. The number of carbonyl (C=O) groups is 1. The molecular weight excluding hydrogens is 506 g/mol. The minimum Gasteiger partial charge on any atom is -0.430 e. The maximum Gasteiger partial charge on any atom is 0.307 e. The summed E-state index contributed by atoms with van der Waals surface area (Å²) in [4.78, 5) is 18.0. The summed E-state index contributed by atoms with van der Waals surface area (Å²) in [6, 6.07) is 28.4. The number of halogens is 1. The zero-order valence-corrected chi connectivity index (χ0v) is 21.1. The SMILES string of the molecule is NC(=S)N(Cc1ccccc1)NC(=O)c1oc2nc(-c3ccc(Cl)cc3)cc(-c3ccccc3)c2c1N. The number of aromatic nitrogens is 1. The molecule has 184 valence electrons. The molecule has 1 amide bonds. The number of nitrogens with zero attached hydrogens (tertiary/aromatic N) is 2. The number of hydrazine groups is 1. The third kappa shape index (κ3) is 5.11. The highest BCUT2D eigenvalue weighted by atomic mass is 35.5. The van der Waals surface area contributed by atoms with Gasteiger partial charge in [-0.25, -0.2) is 4.98 Å². The molecule has 5 rings (SSSR count). The highest BCUT2D eigenvalue weighted by molar-refractivity contribution is 7.80. The molecule has 5 aromatic rings. The fourth-order valence-corrected chi connectivity index (χ4v) is 4.25. The normalized spacial score (nSPS) is 10.8. The summed E-state index contributed by atoms with van der Waals surface area (Å²) < 4.78 is 5.95. The van der Waals surface area contributed by atoms with Gasteiger partial charge in [-0.2, -0.15) is 0 Å². The minimum atomic E-state index is -0.591. The van der Waals surface area contributed by atoms with Gasteiger partial charge < -0.3 is 15.9 Å². The molecule has 0 fully saturated rings. The average Bonchev–Trinajstić information content (AvgIpc) is 3.25. The van der Waals surface area contributed by atoms with Crippen LogP contribution in [0.5, 0.6) is 0 Å². The topological polar surface area (TPSA) is 110 Å². The van der Waals surface area contributed by atoms with E-state index in [1.165, 1.54) is 5.01 Å². The van der Waals surface area contributed by atoms with Crippen LogP contribution in [0.1, 0.15) is 16.1 Å². The predicted octanol–water partition coefficient (Wildman–Crippen LogP) is 5.79. The zero-order valence-electron chi connectivity index (χ0n) is 19.5. The Balaban J connectivity index is 1.57.